The summed E-state index contributed by atoms with van der Waals surface area (Å²) in [5.41, 5.74) is 0. The highest BCUT2D eigenvalue weighted by Crippen LogP contribution is 2.29. The zero-order valence-electron chi connectivity index (χ0n) is 7.97. The van der Waals surface area contributed by atoms with Gasteiger partial charge in [0.15, 0.2) is 0 Å². The highest BCUT2D eigenvalue weighted by molar-refractivity contribution is 7.99. The molecule has 0 amide bonds. The molecule has 0 aromatic carbocycles. The summed E-state index contributed by atoms with van der Waals surface area (Å²) in [5.74, 6) is 3.01. The van der Waals surface area contributed by atoms with E-state index < -0.39 is 0 Å². The van der Waals surface area contributed by atoms with Crippen LogP contribution in [0.15, 0.2) is 6.07 Å². The van der Waals surface area contributed by atoms with Crippen LogP contribution in [0.5, 0.6) is 5.88 Å². The molecule has 3 nitrogen and oxygen atoms in total. The molecule has 2 rings (SSSR count). The number of nitrogens with zero attached hydrogens (tertiary/aromatic N) is 1. The molecule has 1 aromatic rings. The van der Waals surface area contributed by atoms with Crippen molar-refractivity contribution in [3.05, 3.63) is 10.9 Å². The molecular weight excluding hydrogens is 218 g/mol. The molecule has 1 aliphatic heterocycles. The Bertz CT molecular complexity index is 303. The predicted octanol–water partition coefficient (Wildman–Crippen LogP) is 1.42. The molecule has 5 heteroatoms. The number of hydrogen-bond donors (Lipinski definition) is 1. The molecule has 1 saturated heterocycles. The first-order valence-corrected chi connectivity index (χ1v) is 6.48. The summed E-state index contributed by atoms with van der Waals surface area (Å²) in [4.78, 5) is 1.20. The van der Waals surface area contributed by atoms with Gasteiger partial charge in [-0.1, -0.05) is 0 Å². The monoisotopic (exact) mass is 231 g/mol. The molecule has 1 aromatic heterocycles. The number of hydrogen-bond acceptors (Lipinski definition) is 5. The maximum atomic E-state index is 9.65. The van der Waals surface area contributed by atoms with E-state index in [9.17, 15) is 5.11 Å². The minimum Gasteiger partial charge on any atom is -0.480 e. The molecule has 0 bridgehead atoms. The van der Waals surface area contributed by atoms with Crippen LogP contribution in [0.3, 0.4) is 0 Å². The van der Waals surface area contributed by atoms with Gasteiger partial charge in [-0.2, -0.15) is 16.1 Å². The number of ether oxygens (including phenoxy) is 1. The summed E-state index contributed by atoms with van der Waals surface area (Å²) >= 11 is 3.29. The first-order chi connectivity index (χ1) is 6.79. The van der Waals surface area contributed by atoms with Gasteiger partial charge in [0.25, 0.3) is 0 Å². The minimum atomic E-state index is -0.145. The van der Waals surface area contributed by atoms with E-state index in [1.54, 1.807) is 7.11 Å². The fraction of sp³-hybridized carbons (Fsp3) is 0.667. The van der Waals surface area contributed by atoms with Crippen molar-refractivity contribution in [3.8, 4) is 5.88 Å². The van der Waals surface area contributed by atoms with Gasteiger partial charge in [0.05, 0.1) is 13.2 Å². The van der Waals surface area contributed by atoms with Crippen molar-refractivity contribution in [2.24, 2.45) is 5.92 Å². The van der Waals surface area contributed by atoms with E-state index >= 15 is 0 Å². The molecule has 0 saturated carbocycles. The van der Waals surface area contributed by atoms with Crippen molar-refractivity contribution in [2.75, 3.05) is 18.6 Å². The van der Waals surface area contributed by atoms with Crippen LogP contribution >= 0.6 is 23.3 Å². The largest absolute Gasteiger partial charge is 0.480 e. The van der Waals surface area contributed by atoms with Crippen molar-refractivity contribution in [3.63, 3.8) is 0 Å². The van der Waals surface area contributed by atoms with Crippen molar-refractivity contribution in [2.45, 2.75) is 12.5 Å². The number of thioether (sulfide) groups is 1. The Morgan fingerprint density at radius 2 is 2.50 bits per heavy atom. The van der Waals surface area contributed by atoms with Crippen LogP contribution in [0.25, 0.3) is 0 Å². The molecule has 0 spiro atoms. The molecule has 0 aliphatic carbocycles. The van der Waals surface area contributed by atoms with Gasteiger partial charge in [-0.25, -0.2) is 0 Å². The summed E-state index contributed by atoms with van der Waals surface area (Å²) in [5, 5.41) is 9.65. The Hall–Kier alpha value is -0.260. The lowest BCUT2D eigenvalue weighted by molar-refractivity contribution is 0.150. The molecule has 2 atom stereocenters. The summed E-state index contributed by atoms with van der Waals surface area (Å²) in [7, 11) is 1.62. The van der Waals surface area contributed by atoms with E-state index in [2.05, 4.69) is 4.37 Å². The number of aromatic nitrogens is 1. The Morgan fingerprint density at radius 1 is 1.64 bits per heavy atom. The average Bonchev–Trinajstić information content (AvgIpc) is 2.77. The quantitative estimate of drug-likeness (QED) is 0.854. The van der Waals surface area contributed by atoms with Gasteiger partial charge in [0.2, 0.25) is 5.88 Å². The number of aliphatic hydroxyl groups excluding tert-OH is 1. The molecule has 1 N–H and O–H groups in total. The van der Waals surface area contributed by atoms with Crippen LogP contribution in [0.4, 0.5) is 0 Å². The van der Waals surface area contributed by atoms with Crippen LogP contribution in [0.1, 0.15) is 4.88 Å². The molecule has 2 heterocycles. The van der Waals surface area contributed by atoms with Crippen molar-refractivity contribution in [1.82, 2.24) is 4.37 Å². The SMILES string of the molecule is COc1cc(CC2CSCC2O)sn1. The molecule has 1 fully saturated rings. The molecule has 78 valence electrons. The Balaban J connectivity index is 1.96. The van der Waals surface area contributed by atoms with Gasteiger partial charge < -0.3 is 9.84 Å². The first kappa shape index (κ1) is 10.3. The predicted molar refractivity (Wildman–Crippen MR) is 59.2 cm³/mol. The third kappa shape index (κ3) is 2.21. The third-order valence-corrected chi connectivity index (χ3v) is 4.41. The van der Waals surface area contributed by atoms with Gasteiger partial charge in [-0.05, 0) is 29.6 Å². The molecule has 2 unspecified atom stereocenters. The highest BCUT2D eigenvalue weighted by Gasteiger charge is 2.26. The normalized spacial score (nSPS) is 26.7. The molecule has 14 heavy (non-hydrogen) atoms. The zero-order chi connectivity index (χ0) is 9.97. The maximum absolute atomic E-state index is 9.65. The van der Waals surface area contributed by atoms with E-state index in [0.717, 1.165) is 17.9 Å². The fourth-order valence-electron chi connectivity index (χ4n) is 1.53. The molecular formula is C9H13NO2S2. The second kappa shape index (κ2) is 4.51. The lowest BCUT2D eigenvalue weighted by Crippen LogP contribution is -2.19. The van der Waals surface area contributed by atoms with Gasteiger partial charge in [0, 0.05) is 16.7 Å². The van der Waals surface area contributed by atoms with E-state index in [0.29, 0.717) is 11.8 Å². The smallest absolute Gasteiger partial charge is 0.225 e. The van der Waals surface area contributed by atoms with Gasteiger partial charge in [0.1, 0.15) is 0 Å². The maximum Gasteiger partial charge on any atom is 0.225 e. The summed E-state index contributed by atoms with van der Waals surface area (Å²) in [6.45, 7) is 0. The standard InChI is InChI=1S/C9H13NO2S2/c1-12-9-3-7(14-10-9)2-6-4-13-5-8(6)11/h3,6,8,11H,2,4-5H2,1H3. The van der Waals surface area contributed by atoms with Crippen LogP contribution in [0, 0.1) is 5.92 Å². The molecule has 1 aliphatic rings. The first-order valence-electron chi connectivity index (χ1n) is 4.55. The molecule has 0 radical (unpaired) electrons. The van der Waals surface area contributed by atoms with Crippen LogP contribution in [-0.2, 0) is 6.42 Å². The average molecular weight is 231 g/mol. The van der Waals surface area contributed by atoms with Crippen molar-refractivity contribution < 1.29 is 9.84 Å². The van der Waals surface area contributed by atoms with Crippen LogP contribution in [0.2, 0.25) is 0 Å². The van der Waals surface area contributed by atoms with Gasteiger partial charge >= 0.3 is 0 Å². The lowest BCUT2D eigenvalue weighted by atomic mass is 10.0. The van der Waals surface area contributed by atoms with E-state index in [1.165, 1.54) is 16.4 Å². The van der Waals surface area contributed by atoms with Gasteiger partial charge in [-0.3, -0.25) is 0 Å². The Kier molecular flexibility index (Phi) is 3.30. The minimum absolute atomic E-state index is 0.145. The van der Waals surface area contributed by atoms with E-state index in [1.807, 2.05) is 17.8 Å². The van der Waals surface area contributed by atoms with Crippen LogP contribution in [-0.4, -0.2) is 34.2 Å². The number of methoxy groups -OCH3 is 1. The van der Waals surface area contributed by atoms with Gasteiger partial charge in [-0.15, -0.1) is 0 Å². The fourth-order valence-corrected chi connectivity index (χ4v) is 3.60. The summed E-state index contributed by atoms with van der Waals surface area (Å²) < 4.78 is 9.15. The second-order valence-electron chi connectivity index (χ2n) is 3.40. The second-order valence-corrected chi connectivity index (χ2v) is 5.37. The summed E-state index contributed by atoms with van der Waals surface area (Å²) in [6.07, 6.45) is 0.781. The lowest BCUT2D eigenvalue weighted by Gasteiger charge is -2.10. The Morgan fingerprint density at radius 3 is 3.07 bits per heavy atom. The highest BCUT2D eigenvalue weighted by atomic mass is 32.2. The number of rotatable bonds is 3. The zero-order valence-corrected chi connectivity index (χ0v) is 9.61. The Labute approximate surface area is 91.6 Å². The topological polar surface area (TPSA) is 42.4 Å². The van der Waals surface area contributed by atoms with E-state index in [-0.39, 0.29) is 6.10 Å². The van der Waals surface area contributed by atoms with Crippen molar-refractivity contribution in [1.29, 1.82) is 0 Å². The number of aliphatic hydroxyl groups is 1. The van der Waals surface area contributed by atoms with Crippen LogP contribution < -0.4 is 4.74 Å². The third-order valence-electron chi connectivity index (χ3n) is 2.37. The van der Waals surface area contributed by atoms with Crippen molar-refractivity contribution >= 4 is 23.3 Å². The summed E-state index contributed by atoms with van der Waals surface area (Å²) in [6, 6.07) is 1.96. The van der Waals surface area contributed by atoms with E-state index in [4.69, 9.17) is 4.74 Å².